The summed E-state index contributed by atoms with van der Waals surface area (Å²) in [5, 5.41) is 0. The van der Waals surface area contributed by atoms with E-state index in [0.29, 0.717) is 13.2 Å². The Bertz CT molecular complexity index is 383. The molecule has 1 heterocycles. The second-order valence-corrected chi connectivity index (χ2v) is 4.00. The maximum Gasteiger partial charge on any atom is 0.256 e. The summed E-state index contributed by atoms with van der Waals surface area (Å²) in [4.78, 5) is 16.9. The van der Waals surface area contributed by atoms with E-state index in [1.165, 1.54) is 17.2 Å². The summed E-state index contributed by atoms with van der Waals surface area (Å²) in [5.41, 5.74) is 0.0343. The highest BCUT2D eigenvalue weighted by atomic mass is 19.1. The Balaban J connectivity index is 2.55. The van der Waals surface area contributed by atoms with Gasteiger partial charge in [0.2, 0.25) is 0 Å². The highest BCUT2D eigenvalue weighted by Crippen LogP contribution is 2.07. The van der Waals surface area contributed by atoms with Gasteiger partial charge in [-0.15, -0.1) is 0 Å². The molecule has 0 fully saturated rings. The average molecular weight is 240 g/mol. The number of carbonyl (C=O) groups excluding carboxylic acids is 1. The van der Waals surface area contributed by atoms with Crippen molar-refractivity contribution in [1.82, 2.24) is 9.88 Å². The molecule has 0 saturated heterocycles. The van der Waals surface area contributed by atoms with Gasteiger partial charge in [0.05, 0.1) is 24.5 Å². The average Bonchev–Trinajstić information content (AvgIpc) is 2.28. The lowest BCUT2D eigenvalue weighted by molar-refractivity contribution is 0.0529. The molecule has 0 N–H and O–H groups in total. The second-order valence-electron chi connectivity index (χ2n) is 4.00. The Hall–Kier alpha value is -1.49. The number of hydrogen-bond donors (Lipinski definition) is 0. The van der Waals surface area contributed by atoms with Gasteiger partial charge in [-0.1, -0.05) is 0 Å². The zero-order chi connectivity index (χ0) is 12.8. The number of nitrogens with zero attached hydrogens (tertiary/aromatic N) is 2. The Morgan fingerprint density at radius 1 is 1.59 bits per heavy atom. The van der Waals surface area contributed by atoms with Crippen LogP contribution in [0.5, 0.6) is 0 Å². The number of amides is 1. The third-order valence-electron chi connectivity index (χ3n) is 2.23. The van der Waals surface area contributed by atoms with E-state index in [1.54, 1.807) is 7.05 Å². The maximum absolute atomic E-state index is 13.3. The van der Waals surface area contributed by atoms with Gasteiger partial charge >= 0.3 is 0 Å². The van der Waals surface area contributed by atoms with Crippen LogP contribution in [0.25, 0.3) is 0 Å². The molecule has 0 saturated carbocycles. The van der Waals surface area contributed by atoms with Gasteiger partial charge in [0.25, 0.3) is 5.91 Å². The molecule has 0 aromatic carbocycles. The normalized spacial score (nSPS) is 10.6. The van der Waals surface area contributed by atoms with Crippen LogP contribution < -0.4 is 0 Å². The molecule has 0 aliphatic carbocycles. The van der Waals surface area contributed by atoms with Gasteiger partial charge in [0, 0.05) is 19.8 Å². The van der Waals surface area contributed by atoms with Crippen molar-refractivity contribution in [3.8, 4) is 0 Å². The molecule has 1 aromatic heterocycles. The van der Waals surface area contributed by atoms with Crippen LogP contribution in [0.2, 0.25) is 0 Å². The summed E-state index contributed by atoms with van der Waals surface area (Å²) >= 11 is 0. The van der Waals surface area contributed by atoms with Crippen molar-refractivity contribution in [3.05, 3.63) is 29.8 Å². The van der Waals surface area contributed by atoms with E-state index in [1.807, 2.05) is 13.8 Å². The summed E-state index contributed by atoms with van der Waals surface area (Å²) < 4.78 is 18.6. The number of aromatic nitrogens is 1. The molecule has 1 rings (SSSR count). The lowest BCUT2D eigenvalue weighted by atomic mass is 10.2. The van der Waals surface area contributed by atoms with E-state index < -0.39 is 5.82 Å². The Morgan fingerprint density at radius 3 is 2.88 bits per heavy atom. The van der Waals surface area contributed by atoms with E-state index >= 15 is 0 Å². The Morgan fingerprint density at radius 2 is 2.29 bits per heavy atom. The molecule has 0 atom stereocenters. The molecular weight excluding hydrogens is 223 g/mol. The first-order valence-electron chi connectivity index (χ1n) is 5.49. The standard InChI is InChI=1S/C12H17FN2O2/c1-9(2)17-7-6-15(3)12(16)10-4-5-14-8-11(10)13/h4-5,8-9H,6-7H2,1-3H3. The molecule has 0 radical (unpaired) electrons. The third-order valence-corrected chi connectivity index (χ3v) is 2.23. The van der Waals surface area contributed by atoms with Gasteiger partial charge in [-0.2, -0.15) is 0 Å². The van der Waals surface area contributed by atoms with Crippen molar-refractivity contribution in [2.45, 2.75) is 20.0 Å². The number of ether oxygens (including phenoxy) is 1. The summed E-state index contributed by atoms with van der Waals surface area (Å²) in [5.74, 6) is -0.966. The number of carbonyl (C=O) groups is 1. The van der Waals surface area contributed by atoms with Crippen LogP contribution in [0.4, 0.5) is 4.39 Å². The summed E-state index contributed by atoms with van der Waals surface area (Å²) in [6.07, 6.45) is 2.55. The largest absolute Gasteiger partial charge is 0.377 e. The van der Waals surface area contributed by atoms with Crippen LogP contribution in [0.3, 0.4) is 0 Å². The van der Waals surface area contributed by atoms with Crippen molar-refractivity contribution in [1.29, 1.82) is 0 Å². The van der Waals surface area contributed by atoms with Crippen LogP contribution in [-0.2, 0) is 4.74 Å². The van der Waals surface area contributed by atoms with Crippen LogP contribution in [0.15, 0.2) is 18.5 Å². The van der Waals surface area contributed by atoms with E-state index in [0.717, 1.165) is 6.20 Å². The van der Waals surface area contributed by atoms with Crippen LogP contribution in [0.1, 0.15) is 24.2 Å². The van der Waals surface area contributed by atoms with Crippen LogP contribution in [-0.4, -0.2) is 42.1 Å². The molecule has 1 aromatic rings. The Labute approximate surface area is 100 Å². The first-order chi connectivity index (χ1) is 8.02. The second kappa shape index (κ2) is 6.30. The molecule has 1 amide bonds. The number of rotatable bonds is 5. The molecule has 0 unspecified atom stereocenters. The number of pyridine rings is 1. The molecular formula is C12H17FN2O2. The minimum atomic E-state index is -0.603. The maximum atomic E-state index is 13.3. The fraction of sp³-hybridized carbons (Fsp3) is 0.500. The van der Waals surface area contributed by atoms with E-state index in [4.69, 9.17) is 4.74 Å². The van der Waals surface area contributed by atoms with Crippen LogP contribution in [0, 0.1) is 5.82 Å². The molecule has 4 nitrogen and oxygen atoms in total. The monoisotopic (exact) mass is 240 g/mol. The predicted molar refractivity (Wildman–Crippen MR) is 62.2 cm³/mol. The van der Waals surface area contributed by atoms with Gasteiger partial charge in [-0.05, 0) is 19.9 Å². The molecule has 0 spiro atoms. The highest BCUT2D eigenvalue weighted by molar-refractivity contribution is 5.94. The highest BCUT2D eigenvalue weighted by Gasteiger charge is 2.15. The lowest BCUT2D eigenvalue weighted by Crippen LogP contribution is -2.31. The van der Waals surface area contributed by atoms with E-state index in [2.05, 4.69) is 4.98 Å². The molecule has 94 valence electrons. The summed E-state index contributed by atoms with van der Waals surface area (Å²) in [6, 6.07) is 1.37. The third kappa shape index (κ3) is 4.11. The fourth-order valence-electron chi connectivity index (χ4n) is 1.28. The Kier molecular flexibility index (Phi) is 5.03. The zero-order valence-electron chi connectivity index (χ0n) is 10.3. The number of likely N-dealkylation sites (N-methyl/N-ethyl adjacent to an activating group) is 1. The smallest absolute Gasteiger partial charge is 0.256 e. The van der Waals surface area contributed by atoms with Crippen molar-refractivity contribution >= 4 is 5.91 Å². The number of hydrogen-bond acceptors (Lipinski definition) is 3. The topological polar surface area (TPSA) is 42.4 Å². The fourth-order valence-corrected chi connectivity index (χ4v) is 1.28. The minimum absolute atomic E-state index is 0.0343. The molecule has 17 heavy (non-hydrogen) atoms. The van der Waals surface area contributed by atoms with Crippen molar-refractivity contribution < 1.29 is 13.9 Å². The van der Waals surface area contributed by atoms with Crippen molar-refractivity contribution in [2.24, 2.45) is 0 Å². The van der Waals surface area contributed by atoms with Gasteiger partial charge in [0.15, 0.2) is 5.82 Å². The SMILES string of the molecule is CC(C)OCCN(C)C(=O)c1ccncc1F. The molecule has 0 bridgehead atoms. The molecule has 0 aliphatic heterocycles. The quantitative estimate of drug-likeness (QED) is 0.787. The van der Waals surface area contributed by atoms with Gasteiger partial charge in [-0.25, -0.2) is 4.39 Å². The van der Waals surface area contributed by atoms with Crippen molar-refractivity contribution in [3.63, 3.8) is 0 Å². The van der Waals surface area contributed by atoms with Crippen LogP contribution >= 0.6 is 0 Å². The first-order valence-corrected chi connectivity index (χ1v) is 5.49. The molecule has 5 heteroatoms. The first kappa shape index (κ1) is 13.6. The van der Waals surface area contributed by atoms with E-state index in [-0.39, 0.29) is 17.6 Å². The minimum Gasteiger partial charge on any atom is -0.377 e. The number of halogens is 1. The molecule has 0 aliphatic rings. The lowest BCUT2D eigenvalue weighted by Gasteiger charge is -2.18. The van der Waals surface area contributed by atoms with E-state index in [9.17, 15) is 9.18 Å². The van der Waals surface area contributed by atoms with Gasteiger partial charge in [0.1, 0.15) is 0 Å². The van der Waals surface area contributed by atoms with Gasteiger partial charge < -0.3 is 9.64 Å². The predicted octanol–water partition coefficient (Wildman–Crippen LogP) is 1.72. The van der Waals surface area contributed by atoms with Crippen molar-refractivity contribution in [2.75, 3.05) is 20.2 Å². The summed E-state index contributed by atoms with van der Waals surface area (Å²) in [6.45, 7) is 4.71. The summed E-state index contributed by atoms with van der Waals surface area (Å²) in [7, 11) is 1.62. The van der Waals surface area contributed by atoms with Gasteiger partial charge in [-0.3, -0.25) is 9.78 Å². The zero-order valence-corrected chi connectivity index (χ0v) is 10.3.